The summed E-state index contributed by atoms with van der Waals surface area (Å²) in [6.07, 6.45) is 12.3. The molecule has 0 bridgehead atoms. The van der Waals surface area contributed by atoms with E-state index in [4.69, 9.17) is 0 Å². The van der Waals surface area contributed by atoms with Gasteiger partial charge < -0.3 is 14.7 Å². The summed E-state index contributed by atoms with van der Waals surface area (Å²) >= 11 is 0. The second-order valence-corrected chi connectivity index (χ2v) is 9.95. The number of amides is 1. The average Bonchev–Trinajstić information content (AvgIpc) is 2.79. The number of quaternary nitrogens is 2. The van der Waals surface area contributed by atoms with Crippen molar-refractivity contribution in [3.05, 3.63) is 47.5 Å². The molecule has 2 atom stereocenters. The second kappa shape index (κ2) is 10.6. The Hall–Kier alpha value is -1.65. The summed E-state index contributed by atoms with van der Waals surface area (Å²) in [7, 11) is 2.30. The first kappa shape index (κ1) is 21.6. The summed E-state index contributed by atoms with van der Waals surface area (Å²) in [4.78, 5) is 19.3. The standard InChI is InChI=1S/C26H39N3O/c1-27-16-18-28(19-17-27)14-7-15-29(21-22-8-3-2-4-9-22)26(30)25-13-12-23-10-5-6-11-24(23)20-25/h2-3,5-6,10-11,22,25H,4,7-9,12-21H2,1H3/p+2/t22-,25-/m0/s1. The summed E-state index contributed by atoms with van der Waals surface area (Å²) in [6, 6.07) is 8.72. The lowest BCUT2D eigenvalue weighted by Gasteiger charge is -2.34. The predicted octanol–water partition coefficient (Wildman–Crippen LogP) is 0.780. The smallest absolute Gasteiger partial charge is 0.226 e. The lowest BCUT2D eigenvalue weighted by Crippen LogP contribution is -3.27. The third-order valence-electron chi connectivity index (χ3n) is 7.63. The summed E-state index contributed by atoms with van der Waals surface area (Å²) in [6.45, 7) is 8.27. The molecule has 2 aliphatic carbocycles. The number of fused-ring (bicyclic) bond motifs is 1. The van der Waals surface area contributed by atoms with Gasteiger partial charge in [-0.1, -0.05) is 36.4 Å². The number of carbonyl (C=O) groups excluding carboxylic acids is 1. The normalized spacial score (nSPS) is 28.7. The Balaban J connectivity index is 1.35. The van der Waals surface area contributed by atoms with Crippen molar-refractivity contribution in [3.8, 4) is 0 Å². The third-order valence-corrected chi connectivity index (χ3v) is 7.63. The Labute approximate surface area is 182 Å². The molecule has 1 saturated heterocycles. The molecule has 1 aromatic rings. The number of benzene rings is 1. The molecule has 164 valence electrons. The lowest BCUT2D eigenvalue weighted by atomic mass is 9.83. The Morgan fingerprint density at radius 2 is 1.87 bits per heavy atom. The zero-order chi connectivity index (χ0) is 20.8. The molecule has 0 aromatic heterocycles. The van der Waals surface area contributed by atoms with Gasteiger partial charge in [-0.2, -0.15) is 0 Å². The van der Waals surface area contributed by atoms with Gasteiger partial charge in [0.2, 0.25) is 5.91 Å². The van der Waals surface area contributed by atoms with Crippen molar-refractivity contribution in [3.63, 3.8) is 0 Å². The summed E-state index contributed by atoms with van der Waals surface area (Å²) in [5, 5.41) is 0. The zero-order valence-corrected chi connectivity index (χ0v) is 18.9. The number of carbonyl (C=O) groups is 1. The second-order valence-electron chi connectivity index (χ2n) is 9.95. The van der Waals surface area contributed by atoms with E-state index in [-0.39, 0.29) is 5.92 Å². The van der Waals surface area contributed by atoms with E-state index >= 15 is 0 Å². The van der Waals surface area contributed by atoms with Gasteiger partial charge in [0.15, 0.2) is 0 Å². The van der Waals surface area contributed by atoms with Crippen molar-refractivity contribution in [1.29, 1.82) is 0 Å². The molecule has 4 heteroatoms. The maximum absolute atomic E-state index is 13.6. The highest BCUT2D eigenvalue weighted by Gasteiger charge is 2.30. The van der Waals surface area contributed by atoms with E-state index in [1.54, 1.807) is 9.80 Å². The van der Waals surface area contributed by atoms with Gasteiger partial charge in [-0.15, -0.1) is 0 Å². The van der Waals surface area contributed by atoms with Crippen molar-refractivity contribution in [1.82, 2.24) is 4.90 Å². The van der Waals surface area contributed by atoms with Crippen LogP contribution in [0.5, 0.6) is 0 Å². The van der Waals surface area contributed by atoms with Gasteiger partial charge in [-0.05, 0) is 55.6 Å². The molecular weight excluding hydrogens is 370 g/mol. The Kier molecular flexibility index (Phi) is 7.62. The molecule has 30 heavy (non-hydrogen) atoms. The molecule has 1 aliphatic heterocycles. The van der Waals surface area contributed by atoms with Crippen molar-refractivity contribution in [2.75, 3.05) is 52.9 Å². The first-order valence-corrected chi connectivity index (χ1v) is 12.3. The number of aryl methyl sites for hydroxylation is 1. The topological polar surface area (TPSA) is 29.2 Å². The van der Waals surface area contributed by atoms with E-state index in [1.165, 1.54) is 56.7 Å². The maximum atomic E-state index is 13.6. The van der Waals surface area contributed by atoms with Crippen LogP contribution in [-0.4, -0.2) is 63.7 Å². The van der Waals surface area contributed by atoms with E-state index < -0.39 is 0 Å². The van der Waals surface area contributed by atoms with Gasteiger partial charge in [0, 0.05) is 25.4 Å². The van der Waals surface area contributed by atoms with Crippen LogP contribution in [0, 0.1) is 11.8 Å². The minimum atomic E-state index is 0.179. The number of rotatable bonds is 7. The first-order chi connectivity index (χ1) is 14.7. The molecule has 2 N–H and O–H groups in total. The van der Waals surface area contributed by atoms with Crippen molar-refractivity contribution < 1.29 is 14.6 Å². The number of allylic oxidation sites excluding steroid dienone is 2. The summed E-state index contributed by atoms with van der Waals surface area (Å²) in [5.41, 5.74) is 2.85. The van der Waals surface area contributed by atoms with E-state index in [0.717, 1.165) is 45.2 Å². The zero-order valence-electron chi connectivity index (χ0n) is 18.9. The lowest BCUT2D eigenvalue weighted by molar-refractivity contribution is -1.00. The highest BCUT2D eigenvalue weighted by Crippen LogP contribution is 2.28. The quantitative estimate of drug-likeness (QED) is 0.638. The van der Waals surface area contributed by atoms with E-state index in [2.05, 4.69) is 48.4 Å². The molecule has 1 heterocycles. The van der Waals surface area contributed by atoms with Crippen LogP contribution in [0.25, 0.3) is 0 Å². The molecule has 0 unspecified atom stereocenters. The van der Waals surface area contributed by atoms with Gasteiger partial charge in [0.05, 0.1) is 13.6 Å². The maximum Gasteiger partial charge on any atom is 0.226 e. The van der Waals surface area contributed by atoms with Crippen molar-refractivity contribution in [2.24, 2.45) is 11.8 Å². The number of nitrogens with one attached hydrogen (secondary N) is 2. The molecule has 4 nitrogen and oxygen atoms in total. The number of nitrogens with zero attached hydrogens (tertiary/aromatic N) is 1. The van der Waals surface area contributed by atoms with Crippen LogP contribution < -0.4 is 9.80 Å². The van der Waals surface area contributed by atoms with Gasteiger partial charge in [-0.3, -0.25) is 4.79 Å². The minimum Gasteiger partial charge on any atom is -0.342 e. The minimum absolute atomic E-state index is 0.179. The molecule has 1 aromatic carbocycles. The summed E-state index contributed by atoms with van der Waals surface area (Å²) in [5.74, 6) is 1.25. The monoisotopic (exact) mass is 411 g/mol. The van der Waals surface area contributed by atoms with Gasteiger partial charge in [0.1, 0.15) is 26.2 Å². The number of piperazine rings is 1. The summed E-state index contributed by atoms with van der Waals surface area (Å²) < 4.78 is 0. The van der Waals surface area contributed by atoms with Crippen LogP contribution in [0.3, 0.4) is 0 Å². The molecular formula is C26H41N3O+2. The highest BCUT2D eigenvalue weighted by atomic mass is 16.2. The van der Waals surface area contributed by atoms with Gasteiger partial charge >= 0.3 is 0 Å². The van der Waals surface area contributed by atoms with Crippen LogP contribution in [0.1, 0.15) is 43.2 Å². The fourth-order valence-electron chi connectivity index (χ4n) is 5.59. The SMILES string of the molecule is C[NH+]1CC[NH+](CCCN(C[C@H]2CC=CCC2)C(=O)[C@H]2CCc3ccccc3C2)CC1. The Morgan fingerprint density at radius 1 is 1.07 bits per heavy atom. The molecule has 0 saturated carbocycles. The van der Waals surface area contributed by atoms with Crippen molar-refractivity contribution >= 4 is 5.91 Å². The molecule has 0 spiro atoms. The Morgan fingerprint density at radius 3 is 2.63 bits per heavy atom. The van der Waals surface area contributed by atoms with E-state index in [1.807, 2.05) is 0 Å². The van der Waals surface area contributed by atoms with Crippen LogP contribution in [-0.2, 0) is 17.6 Å². The number of likely N-dealkylation sites (N-methyl/N-ethyl adjacent to an activating group) is 1. The number of hydrogen-bond donors (Lipinski definition) is 2. The first-order valence-electron chi connectivity index (χ1n) is 12.3. The van der Waals surface area contributed by atoms with Crippen LogP contribution in [0.15, 0.2) is 36.4 Å². The molecule has 1 fully saturated rings. The van der Waals surface area contributed by atoms with Crippen LogP contribution in [0.4, 0.5) is 0 Å². The molecule has 0 radical (unpaired) electrons. The molecule has 1 amide bonds. The van der Waals surface area contributed by atoms with Gasteiger partial charge in [-0.25, -0.2) is 0 Å². The fraction of sp³-hybridized carbons (Fsp3) is 0.654. The fourth-order valence-corrected chi connectivity index (χ4v) is 5.59. The van der Waals surface area contributed by atoms with E-state index in [0.29, 0.717) is 11.8 Å². The predicted molar refractivity (Wildman–Crippen MR) is 122 cm³/mol. The Bertz CT molecular complexity index is 723. The van der Waals surface area contributed by atoms with Crippen LogP contribution in [0.2, 0.25) is 0 Å². The average molecular weight is 412 g/mol. The van der Waals surface area contributed by atoms with Crippen molar-refractivity contribution in [2.45, 2.75) is 44.9 Å². The molecule has 3 aliphatic rings. The molecule has 4 rings (SSSR count). The van der Waals surface area contributed by atoms with E-state index in [9.17, 15) is 4.79 Å². The van der Waals surface area contributed by atoms with Gasteiger partial charge in [0.25, 0.3) is 0 Å². The van der Waals surface area contributed by atoms with Crippen LogP contribution >= 0.6 is 0 Å². The number of hydrogen-bond acceptors (Lipinski definition) is 1. The highest BCUT2D eigenvalue weighted by molar-refractivity contribution is 5.79. The third kappa shape index (κ3) is 5.73. The largest absolute Gasteiger partial charge is 0.342 e.